The molecule has 0 radical (unpaired) electrons. The van der Waals surface area contributed by atoms with Crippen LogP contribution in [-0.2, 0) is 30.3 Å². The fourth-order valence-corrected chi connectivity index (χ4v) is 4.83. The average Bonchev–Trinajstić information content (AvgIpc) is 3.21. The molecule has 0 aliphatic carbocycles. The van der Waals surface area contributed by atoms with Crippen LogP contribution in [-0.4, -0.2) is 49.3 Å². The van der Waals surface area contributed by atoms with Gasteiger partial charge >= 0.3 is 11.9 Å². The highest BCUT2D eigenvalue weighted by Gasteiger charge is 2.39. The smallest absolute Gasteiger partial charge is 0.340 e. The number of carbonyl (C=O) groups is 3. The number of esters is 2. The Balaban J connectivity index is 2.08. The van der Waals surface area contributed by atoms with Gasteiger partial charge in [0.15, 0.2) is 0 Å². The molecule has 0 bridgehead atoms. The van der Waals surface area contributed by atoms with Crippen LogP contribution in [0, 0.1) is 0 Å². The van der Waals surface area contributed by atoms with Crippen LogP contribution < -0.4 is 0 Å². The first-order valence-electron chi connectivity index (χ1n) is 9.44. The van der Waals surface area contributed by atoms with Gasteiger partial charge in [-0.3, -0.25) is 9.69 Å². The third-order valence-corrected chi connectivity index (χ3v) is 6.24. The van der Waals surface area contributed by atoms with Crippen LogP contribution in [0.5, 0.6) is 0 Å². The highest BCUT2D eigenvalue weighted by molar-refractivity contribution is 8.03. The summed E-state index contributed by atoms with van der Waals surface area (Å²) < 4.78 is 9.84. The van der Waals surface area contributed by atoms with E-state index >= 15 is 0 Å². The quantitative estimate of drug-likeness (QED) is 0.401. The van der Waals surface area contributed by atoms with Gasteiger partial charge in [-0.15, -0.1) is 11.8 Å². The maximum absolute atomic E-state index is 12.8. The molecule has 0 spiro atoms. The number of amides is 1. The molecule has 1 heterocycles. The van der Waals surface area contributed by atoms with Crippen LogP contribution in [0.2, 0.25) is 0 Å². The number of fused-ring (bicyclic) bond motifs is 1. The Hall–Kier alpha value is -3.06. The van der Waals surface area contributed by atoms with Gasteiger partial charge in [0.05, 0.1) is 24.8 Å². The monoisotopic (exact) mass is 425 g/mol. The zero-order chi connectivity index (χ0) is 21.7. The molecule has 1 unspecified atom stereocenters. The molecule has 6 nitrogen and oxygen atoms in total. The van der Waals surface area contributed by atoms with Gasteiger partial charge in [-0.1, -0.05) is 48.5 Å². The molecule has 3 rings (SSSR count). The molecule has 7 heteroatoms. The van der Waals surface area contributed by atoms with Crippen molar-refractivity contribution in [3.05, 3.63) is 70.3 Å². The van der Waals surface area contributed by atoms with E-state index in [0.29, 0.717) is 23.6 Å². The molecule has 1 atom stereocenters. The van der Waals surface area contributed by atoms with Crippen molar-refractivity contribution in [2.75, 3.05) is 20.0 Å². The number of methoxy groups -OCH3 is 2. The van der Waals surface area contributed by atoms with Crippen LogP contribution in [0.25, 0.3) is 10.8 Å². The standard InChI is InChI=1S/C23H23NO5S/c1-4-15(12-17-10-7-9-16-8-5-6-11-18(16)17)20(23(27)29-3)21-24(14-25)19(13-30-21)22(26)28-2/h4-11,14,19H,12-13H2,1-3H3/b15-4?,21-20-. The van der Waals surface area contributed by atoms with E-state index in [4.69, 9.17) is 9.47 Å². The average molecular weight is 426 g/mol. The first-order chi connectivity index (χ1) is 14.5. The summed E-state index contributed by atoms with van der Waals surface area (Å²) in [6.07, 6.45) is 2.88. The first kappa shape index (κ1) is 21.6. The van der Waals surface area contributed by atoms with E-state index in [1.54, 1.807) is 0 Å². The molecular formula is C23H23NO5S. The molecule has 0 aromatic heterocycles. The Morgan fingerprint density at radius 1 is 1.13 bits per heavy atom. The van der Waals surface area contributed by atoms with Crippen LogP contribution in [0.15, 0.2) is 64.7 Å². The van der Waals surface area contributed by atoms with E-state index in [1.807, 2.05) is 55.5 Å². The van der Waals surface area contributed by atoms with Crippen molar-refractivity contribution in [2.45, 2.75) is 19.4 Å². The van der Waals surface area contributed by atoms with Crippen molar-refractivity contribution in [1.82, 2.24) is 4.90 Å². The van der Waals surface area contributed by atoms with Crippen LogP contribution in [0.1, 0.15) is 12.5 Å². The summed E-state index contributed by atoms with van der Waals surface area (Å²) in [6, 6.07) is 13.3. The highest BCUT2D eigenvalue weighted by Crippen LogP contribution is 2.38. The molecule has 1 aliphatic rings. The first-order valence-corrected chi connectivity index (χ1v) is 10.4. The van der Waals surface area contributed by atoms with Gasteiger partial charge in [0.2, 0.25) is 6.41 Å². The lowest BCUT2D eigenvalue weighted by Crippen LogP contribution is -2.37. The van der Waals surface area contributed by atoms with Crippen molar-refractivity contribution in [3.63, 3.8) is 0 Å². The van der Waals surface area contributed by atoms with Crippen molar-refractivity contribution >= 4 is 40.9 Å². The van der Waals surface area contributed by atoms with Gasteiger partial charge in [0.1, 0.15) is 6.04 Å². The van der Waals surface area contributed by atoms with E-state index in [2.05, 4.69) is 0 Å². The third kappa shape index (κ3) is 4.11. The van der Waals surface area contributed by atoms with Crippen molar-refractivity contribution in [1.29, 1.82) is 0 Å². The second-order valence-corrected chi connectivity index (χ2v) is 7.67. The van der Waals surface area contributed by atoms with Crippen molar-refractivity contribution in [3.8, 4) is 0 Å². The number of hydrogen-bond acceptors (Lipinski definition) is 6. The van der Waals surface area contributed by atoms with Crippen LogP contribution in [0.4, 0.5) is 0 Å². The van der Waals surface area contributed by atoms with Gasteiger partial charge in [0.25, 0.3) is 0 Å². The van der Waals surface area contributed by atoms with Gasteiger partial charge in [-0.25, -0.2) is 9.59 Å². The fourth-order valence-electron chi connectivity index (χ4n) is 3.54. The maximum Gasteiger partial charge on any atom is 0.340 e. The summed E-state index contributed by atoms with van der Waals surface area (Å²) in [5.74, 6) is -0.764. The summed E-state index contributed by atoms with van der Waals surface area (Å²) in [4.78, 5) is 37.9. The Labute approximate surface area is 179 Å². The molecule has 2 aromatic carbocycles. The maximum atomic E-state index is 12.8. The summed E-state index contributed by atoms with van der Waals surface area (Å²) in [5, 5.41) is 2.60. The minimum Gasteiger partial charge on any atom is -0.467 e. The molecule has 1 saturated heterocycles. The summed E-state index contributed by atoms with van der Waals surface area (Å²) in [7, 11) is 2.58. The van der Waals surface area contributed by atoms with Gasteiger partial charge in [0, 0.05) is 5.75 Å². The Kier molecular flexibility index (Phi) is 6.95. The number of thioether (sulfide) groups is 1. The predicted molar refractivity (Wildman–Crippen MR) is 117 cm³/mol. The number of benzene rings is 2. The second-order valence-electron chi connectivity index (χ2n) is 6.66. The number of ether oxygens (including phenoxy) is 2. The SMILES string of the molecule is CC=C(Cc1cccc2ccccc12)/C(C(=O)OC)=C1/SCC(C(=O)OC)N1C=O. The summed E-state index contributed by atoms with van der Waals surface area (Å²) in [6.45, 7) is 1.84. The van der Waals surface area contributed by atoms with Crippen molar-refractivity contribution < 1.29 is 23.9 Å². The van der Waals surface area contributed by atoms with E-state index in [0.717, 1.165) is 21.9 Å². The van der Waals surface area contributed by atoms with Crippen LogP contribution >= 0.6 is 11.8 Å². The zero-order valence-corrected chi connectivity index (χ0v) is 17.9. The number of rotatable bonds is 6. The lowest BCUT2D eigenvalue weighted by molar-refractivity contribution is -0.147. The van der Waals surface area contributed by atoms with E-state index in [-0.39, 0.29) is 5.57 Å². The molecule has 0 saturated carbocycles. The van der Waals surface area contributed by atoms with E-state index < -0.39 is 18.0 Å². The van der Waals surface area contributed by atoms with E-state index in [9.17, 15) is 14.4 Å². The molecule has 1 aliphatic heterocycles. The van der Waals surface area contributed by atoms with Gasteiger partial charge < -0.3 is 9.47 Å². The minimum atomic E-state index is -0.775. The lowest BCUT2D eigenvalue weighted by atomic mass is 9.94. The predicted octanol–water partition coefficient (Wildman–Crippen LogP) is 3.46. The van der Waals surface area contributed by atoms with Gasteiger partial charge in [-0.05, 0) is 35.3 Å². The largest absolute Gasteiger partial charge is 0.467 e. The van der Waals surface area contributed by atoms with Crippen LogP contribution in [0.3, 0.4) is 0 Å². The molecule has 2 aromatic rings. The molecule has 30 heavy (non-hydrogen) atoms. The molecule has 0 N–H and O–H groups in total. The normalized spacial score (nSPS) is 18.3. The Morgan fingerprint density at radius 2 is 1.87 bits per heavy atom. The van der Waals surface area contributed by atoms with E-state index in [1.165, 1.54) is 30.9 Å². The third-order valence-electron chi connectivity index (χ3n) is 5.07. The summed E-state index contributed by atoms with van der Waals surface area (Å²) in [5.41, 5.74) is 2.06. The zero-order valence-electron chi connectivity index (χ0n) is 17.1. The summed E-state index contributed by atoms with van der Waals surface area (Å²) >= 11 is 1.27. The molecule has 156 valence electrons. The van der Waals surface area contributed by atoms with Crippen molar-refractivity contribution in [2.24, 2.45) is 0 Å². The number of allylic oxidation sites excluding steroid dienone is 1. The topological polar surface area (TPSA) is 72.9 Å². The Bertz CT molecular complexity index is 1040. The number of hydrogen-bond donors (Lipinski definition) is 0. The Morgan fingerprint density at radius 3 is 2.53 bits per heavy atom. The van der Waals surface area contributed by atoms with Gasteiger partial charge in [-0.2, -0.15) is 0 Å². The molecular weight excluding hydrogens is 402 g/mol. The lowest BCUT2D eigenvalue weighted by Gasteiger charge is -2.21. The highest BCUT2D eigenvalue weighted by atomic mass is 32.2. The minimum absolute atomic E-state index is 0.288. The number of nitrogens with zero attached hydrogens (tertiary/aromatic N) is 1. The number of carbonyl (C=O) groups excluding carboxylic acids is 3. The second kappa shape index (κ2) is 9.63. The fraction of sp³-hybridized carbons (Fsp3) is 0.261. The molecule has 1 amide bonds. The molecule has 1 fully saturated rings.